The van der Waals surface area contributed by atoms with Crippen molar-refractivity contribution >= 4 is 23.3 Å². The normalized spacial score (nSPS) is 11.4. The molecule has 0 saturated carbocycles. The van der Waals surface area contributed by atoms with Gasteiger partial charge in [0.25, 0.3) is 0 Å². The zero-order chi connectivity index (χ0) is 16.5. The van der Waals surface area contributed by atoms with Crippen LogP contribution in [-0.2, 0) is 16.1 Å². The molecule has 0 heterocycles. The second-order valence-corrected chi connectivity index (χ2v) is 4.77. The van der Waals surface area contributed by atoms with Crippen molar-refractivity contribution in [2.75, 3.05) is 6.61 Å². The average molecular weight is 325 g/mol. The van der Waals surface area contributed by atoms with Gasteiger partial charge in [-0.05, 0) is 12.5 Å². The zero-order valence-corrected chi connectivity index (χ0v) is 13.0. The van der Waals surface area contributed by atoms with Gasteiger partial charge < -0.3 is 10.1 Å². The third-order valence-electron chi connectivity index (χ3n) is 2.74. The monoisotopic (exact) mass is 324 g/mol. The van der Waals surface area contributed by atoms with E-state index in [0.29, 0.717) is 12.0 Å². The Morgan fingerprint density at radius 1 is 1.50 bits per heavy atom. The van der Waals surface area contributed by atoms with Crippen molar-refractivity contribution in [2.24, 2.45) is 0 Å². The quantitative estimate of drug-likeness (QED) is 0.333. The fraction of sp³-hybridized carbons (Fsp3) is 0.250. The summed E-state index contributed by atoms with van der Waals surface area (Å²) in [5.74, 6) is -1.14. The van der Waals surface area contributed by atoms with Crippen molar-refractivity contribution in [2.45, 2.75) is 19.9 Å². The van der Waals surface area contributed by atoms with Crippen LogP contribution >= 0.6 is 11.6 Å². The van der Waals surface area contributed by atoms with Crippen LogP contribution in [0.3, 0.4) is 0 Å². The molecule has 0 saturated heterocycles. The summed E-state index contributed by atoms with van der Waals surface area (Å²) < 4.78 is 18.4. The molecule has 4 nitrogen and oxygen atoms in total. The van der Waals surface area contributed by atoms with Gasteiger partial charge >= 0.3 is 5.97 Å². The first-order valence-corrected chi connectivity index (χ1v) is 7.14. The topological polar surface area (TPSA) is 62.2 Å². The number of carbonyl (C=O) groups is 1. The van der Waals surface area contributed by atoms with Gasteiger partial charge in [0, 0.05) is 17.7 Å². The summed E-state index contributed by atoms with van der Waals surface area (Å²) in [4.78, 5) is 11.7. The molecular formula is C16H18ClFN2O2. The number of esters is 1. The number of hydrogen-bond acceptors (Lipinski definition) is 4. The van der Waals surface area contributed by atoms with Gasteiger partial charge in [0.15, 0.2) is 0 Å². The second kappa shape index (κ2) is 9.00. The number of allylic oxidation sites excluding steroid dienone is 1. The van der Waals surface area contributed by atoms with Gasteiger partial charge in [-0.15, -0.1) is 0 Å². The Bertz CT molecular complexity index is 600. The number of carbonyl (C=O) groups excluding carboxylic acids is 1. The molecule has 0 radical (unpaired) electrons. The fourth-order valence-electron chi connectivity index (χ4n) is 1.59. The van der Waals surface area contributed by atoms with Crippen molar-refractivity contribution in [3.8, 4) is 0 Å². The molecular weight excluding hydrogens is 307 g/mol. The summed E-state index contributed by atoms with van der Waals surface area (Å²) in [5.41, 5.74) is 0.137. The van der Waals surface area contributed by atoms with Gasteiger partial charge in [-0.3, -0.25) is 5.41 Å². The largest absolute Gasteiger partial charge is 0.461 e. The maximum atomic E-state index is 13.5. The van der Waals surface area contributed by atoms with Gasteiger partial charge in [-0.25, -0.2) is 9.18 Å². The maximum absolute atomic E-state index is 13.5. The molecule has 6 heteroatoms. The van der Waals surface area contributed by atoms with Gasteiger partial charge in [0.05, 0.1) is 6.61 Å². The van der Waals surface area contributed by atoms with E-state index in [1.165, 1.54) is 12.1 Å². The van der Waals surface area contributed by atoms with E-state index in [2.05, 4.69) is 11.9 Å². The first-order valence-electron chi connectivity index (χ1n) is 6.76. The molecule has 22 heavy (non-hydrogen) atoms. The van der Waals surface area contributed by atoms with E-state index in [1.54, 1.807) is 18.2 Å². The highest BCUT2D eigenvalue weighted by molar-refractivity contribution is 6.45. The molecule has 1 aromatic rings. The van der Waals surface area contributed by atoms with Crippen LogP contribution in [0.4, 0.5) is 4.39 Å². The van der Waals surface area contributed by atoms with Crippen LogP contribution in [-0.4, -0.2) is 18.3 Å². The van der Waals surface area contributed by atoms with Gasteiger partial charge in [-0.2, -0.15) is 0 Å². The minimum Gasteiger partial charge on any atom is -0.461 e. The van der Waals surface area contributed by atoms with Gasteiger partial charge in [-0.1, -0.05) is 49.4 Å². The predicted octanol–water partition coefficient (Wildman–Crippen LogP) is 3.52. The number of rotatable bonds is 8. The summed E-state index contributed by atoms with van der Waals surface area (Å²) in [6, 6.07) is 6.25. The molecule has 0 bridgehead atoms. The minimum atomic E-state index is -0.775. The molecule has 0 fully saturated rings. The second-order valence-electron chi connectivity index (χ2n) is 4.39. The van der Waals surface area contributed by atoms with E-state index in [0.717, 1.165) is 0 Å². The lowest BCUT2D eigenvalue weighted by atomic mass is 10.1. The fourth-order valence-corrected chi connectivity index (χ4v) is 1.83. The minimum absolute atomic E-state index is 0.0386. The Labute approximate surface area is 134 Å². The van der Waals surface area contributed by atoms with E-state index in [-0.39, 0.29) is 29.7 Å². The molecule has 1 rings (SSSR count). The van der Waals surface area contributed by atoms with Crippen molar-refractivity contribution in [3.63, 3.8) is 0 Å². The van der Waals surface area contributed by atoms with Crippen LogP contribution in [0.1, 0.15) is 18.9 Å². The third kappa shape index (κ3) is 5.00. The molecule has 0 unspecified atom stereocenters. The molecule has 0 aliphatic heterocycles. The molecule has 0 atom stereocenters. The van der Waals surface area contributed by atoms with Crippen LogP contribution in [0.15, 0.2) is 47.6 Å². The van der Waals surface area contributed by atoms with Crippen LogP contribution in [0.2, 0.25) is 0 Å². The number of benzene rings is 1. The molecule has 2 N–H and O–H groups in total. The van der Waals surface area contributed by atoms with Crippen molar-refractivity contribution in [1.82, 2.24) is 5.32 Å². The smallest absolute Gasteiger partial charge is 0.356 e. The van der Waals surface area contributed by atoms with Crippen molar-refractivity contribution in [3.05, 3.63) is 59.0 Å². The Morgan fingerprint density at radius 3 is 2.77 bits per heavy atom. The Morgan fingerprint density at radius 2 is 2.18 bits per heavy atom. The molecule has 0 aliphatic carbocycles. The Kier molecular flexibility index (Phi) is 7.32. The van der Waals surface area contributed by atoms with E-state index >= 15 is 0 Å². The van der Waals surface area contributed by atoms with E-state index in [9.17, 15) is 9.18 Å². The first kappa shape index (κ1) is 17.9. The molecule has 0 aliphatic rings. The van der Waals surface area contributed by atoms with Gasteiger partial charge in [0.1, 0.15) is 16.7 Å². The molecule has 0 aromatic heterocycles. The van der Waals surface area contributed by atoms with Crippen molar-refractivity contribution in [1.29, 1.82) is 5.41 Å². The maximum Gasteiger partial charge on any atom is 0.356 e. The number of ether oxygens (including phenoxy) is 1. The number of nitrogens with one attached hydrogen (secondary N) is 2. The van der Waals surface area contributed by atoms with Crippen molar-refractivity contribution < 1.29 is 13.9 Å². The zero-order valence-electron chi connectivity index (χ0n) is 12.3. The third-order valence-corrected chi connectivity index (χ3v) is 3.08. The standard InChI is InChI=1S/C16H18ClFN2O2/c1-3-9-22-16(21)14(19)12(4-2)15(17)20-10-11-7-5-6-8-13(11)18/h4-8,19-20H,2-3,9-10H2,1H3/b15-12-,19-14?. The van der Waals surface area contributed by atoms with Gasteiger partial charge in [0.2, 0.25) is 0 Å². The summed E-state index contributed by atoms with van der Waals surface area (Å²) in [6.45, 7) is 5.74. The van der Waals surface area contributed by atoms with Crippen LogP contribution in [0.5, 0.6) is 0 Å². The molecule has 118 valence electrons. The number of hydrogen-bond donors (Lipinski definition) is 2. The molecule has 0 amide bonds. The molecule has 0 spiro atoms. The summed E-state index contributed by atoms with van der Waals surface area (Å²) in [6.07, 6.45) is 1.94. The lowest BCUT2D eigenvalue weighted by molar-refractivity contribution is -0.135. The highest BCUT2D eigenvalue weighted by atomic mass is 35.5. The highest BCUT2D eigenvalue weighted by Gasteiger charge is 2.17. The summed E-state index contributed by atoms with van der Waals surface area (Å²) >= 11 is 6.05. The number of halogens is 2. The van der Waals surface area contributed by atoms with E-state index < -0.39 is 11.7 Å². The Hall–Kier alpha value is -2.14. The molecule has 1 aromatic carbocycles. The van der Waals surface area contributed by atoms with Crippen LogP contribution in [0.25, 0.3) is 0 Å². The lowest BCUT2D eigenvalue weighted by Crippen LogP contribution is -2.22. The SMILES string of the molecule is C=C/C(C(=N)C(=O)OCCC)=C(\Cl)NCc1ccccc1F. The van der Waals surface area contributed by atoms with Crippen LogP contribution in [0, 0.1) is 11.2 Å². The van der Waals surface area contributed by atoms with Crippen LogP contribution < -0.4 is 5.32 Å². The van der Waals surface area contributed by atoms with E-state index in [1.807, 2.05) is 6.92 Å². The average Bonchev–Trinajstić information content (AvgIpc) is 2.52. The lowest BCUT2D eigenvalue weighted by Gasteiger charge is -2.11. The van der Waals surface area contributed by atoms with E-state index in [4.69, 9.17) is 21.7 Å². The first-order chi connectivity index (χ1) is 10.5. The predicted molar refractivity (Wildman–Crippen MR) is 85.3 cm³/mol. The Balaban J connectivity index is 2.80. The summed E-state index contributed by atoms with van der Waals surface area (Å²) in [7, 11) is 0. The highest BCUT2D eigenvalue weighted by Crippen LogP contribution is 2.13. The summed E-state index contributed by atoms with van der Waals surface area (Å²) in [5, 5.41) is 10.6.